The van der Waals surface area contributed by atoms with Gasteiger partial charge >= 0.3 is 6.03 Å². The van der Waals surface area contributed by atoms with Gasteiger partial charge in [0.25, 0.3) is 11.8 Å². The van der Waals surface area contributed by atoms with E-state index < -0.39 is 29.4 Å². The molecule has 132 valence electrons. The number of carbonyl (C=O) groups excluding carboxylic acids is 3. The summed E-state index contributed by atoms with van der Waals surface area (Å²) in [6.45, 7) is 0. The minimum atomic E-state index is -1.51. The number of nitrogens with zero attached hydrogens (tertiary/aromatic N) is 2. The van der Waals surface area contributed by atoms with E-state index in [1.165, 1.54) is 14.1 Å². The van der Waals surface area contributed by atoms with Crippen LogP contribution < -0.4 is 4.74 Å². The van der Waals surface area contributed by atoms with Gasteiger partial charge in [0.15, 0.2) is 5.41 Å². The summed E-state index contributed by atoms with van der Waals surface area (Å²) in [6, 6.07) is 15.9. The summed E-state index contributed by atoms with van der Waals surface area (Å²) in [5.41, 5.74) is -0.00925. The molecule has 2 aromatic rings. The fraction of sp³-hybridized carbons (Fsp3) is 0.250. The van der Waals surface area contributed by atoms with Crippen LogP contribution in [0.15, 0.2) is 54.6 Å². The van der Waals surface area contributed by atoms with Crippen molar-refractivity contribution in [3.05, 3.63) is 65.7 Å². The Bertz CT molecular complexity index is 885. The maximum Gasteiger partial charge on any atom is 0.332 e. The van der Waals surface area contributed by atoms with Gasteiger partial charge in [0, 0.05) is 20.5 Å². The first-order valence-electron chi connectivity index (χ1n) is 8.36. The summed E-state index contributed by atoms with van der Waals surface area (Å²) in [5.74, 6) is -0.419. The molecule has 1 unspecified atom stereocenters. The summed E-state index contributed by atoms with van der Waals surface area (Å²) in [4.78, 5) is 40.7. The van der Waals surface area contributed by atoms with Crippen molar-refractivity contribution in [1.82, 2.24) is 9.80 Å². The van der Waals surface area contributed by atoms with Gasteiger partial charge in [0.1, 0.15) is 11.9 Å². The molecule has 0 saturated carbocycles. The second-order valence-electron chi connectivity index (χ2n) is 6.68. The van der Waals surface area contributed by atoms with Gasteiger partial charge in [-0.1, -0.05) is 48.5 Å². The van der Waals surface area contributed by atoms with Gasteiger partial charge < -0.3 is 4.74 Å². The van der Waals surface area contributed by atoms with Gasteiger partial charge in [0.2, 0.25) is 0 Å². The summed E-state index contributed by atoms with van der Waals surface area (Å²) in [6.07, 6.45) is -0.626. The Labute approximate surface area is 151 Å². The van der Waals surface area contributed by atoms with Crippen LogP contribution >= 0.6 is 0 Å². The molecule has 6 nitrogen and oxygen atoms in total. The predicted molar refractivity (Wildman–Crippen MR) is 93.3 cm³/mol. The summed E-state index contributed by atoms with van der Waals surface area (Å²) in [7, 11) is 2.80. The zero-order chi connectivity index (χ0) is 18.5. The van der Waals surface area contributed by atoms with Crippen molar-refractivity contribution < 1.29 is 19.1 Å². The zero-order valence-corrected chi connectivity index (χ0v) is 14.5. The Morgan fingerprint density at radius 2 is 1.46 bits per heavy atom. The van der Waals surface area contributed by atoms with Crippen LogP contribution in [-0.4, -0.2) is 41.7 Å². The molecule has 26 heavy (non-hydrogen) atoms. The smallest absolute Gasteiger partial charge is 0.332 e. The summed E-state index contributed by atoms with van der Waals surface area (Å²) in [5, 5.41) is 0. The average molecular weight is 350 g/mol. The molecule has 2 aliphatic heterocycles. The lowest BCUT2D eigenvalue weighted by atomic mass is 9.69. The van der Waals surface area contributed by atoms with Gasteiger partial charge in [-0.3, -0.25) is 19.4 Å². The van der Waals surface area contributed by atoms with Crippen molar-refractivity contribution in [3.63, 3.8) is 0 Å². The number of para-hydroxylation sites is 1. The van der Waals surface area contributed by atoms with Crippen LogP contribution in [0.2, 0.25) is 0 Å². The standard InChI is InChI=1S/C20H18N2O4/c1-21-17(23)20(18(24)22(2)19(21)25)12-14-10-6-7-11-15(14)26-16(20)13-8-4-3-5-9-13/h3-11,16H,12H2,1-2H3. The van der Waals surface area contributed by atoms with E-state index in [4.69, 9.17) is 4.74 Å². The summed E-state index contributed by atoms with van der Waals surface area (Å²) < 4.78 is 6.18. The molecule has 1 spiro atoms. The lowest BCUT2D eigenvalue weighted by Crippen LogP contribution is -2.67. The number of benzene rings is 2. The molecule has 0 aliphatic carbocycles. The number of imide groups is 2. The van der Waals surface area contributed by atoms with Crippen LogP contribution in [0.4, 0.5) is 4.79 Å². The predicted octanol–water partition coefficient (Wildman–Crippen LogP) is 2.40. The molecule has 6 heteroatoms. The Balaban J connectivity index is 1.94. The van der Waals surface area contributed by atoms with Crippen molar-refractivity contribution in [2.24, 2.45) is 5.41 Å². The van der Waals surface area contributed by atoms with E-state index in [0.717, 1.165) is 20.9 Å². The molecule has 0 N–H and O–H groups in total. The molecule has 4 rings (SSSR count). The Hall–Kier alpha value is -3.15. The van der Waals surface area contributed by atoms with Gasteiger partial charge in [-0.2, -0.15) is 0 Å². The highest BCUT2D eigenvalue weighted by atomic mass is 16.5. The first-order chi connectivity index (χ1) is 12.5. The SMILES string of the molecule is CN1C(=O)N(C)C(=O)C2(Cc3ccccc3OC2c2ccccc2)C1=O. The molecule has 1 atom stereocenters. The summed E-state index contributed by atoms with van der Waals surface area (Å²) >= 11 is 0. The Morgan fingerprint density at radius 3 is 2.12 bits per heavy atom. The molecule has 0 radical (unpaired) electrons. The maximum absolute atomic E-state index is 13.2. The lowest BCUT2D eigenvalue weighted by Gasteiger charge is -2.47. The third kappa shape index (κ3) is 2.08. The van der Waals surface area contributed by atoms with E-state index in [1.807, 2.05) is 54.6 Å². The highest BCUT2D eigenvalue weighted by Crippen LogP contribution is 2.50. The number of amides is 4. The van der Waals surface area contributed by atoms with Crippen molar-refractivity contribution in [1.29, 1.82) is 0 Å². The van der Waals surface area contributed by atoms with Crippen LogP contribution in [0, 0.1) is 5.41 Å². The van der Waals surface area contributed by atoms with Crippen molar-refractivity contribution in [2.45, 2.75) is 12.5 Å². The fourth-order valence-corrected chi connectivity index (χ4v) is 3.83. The minimum Gasteiger partial charge on any atom is -0.484 e. The first-order valence-corrected chi connectivity index (χ1v) is 8.36. The van der Waals surface area contributed by atoms with Crippen LogP contribution in [0.3, 0.4) is 0 Å². The highest BCUT2D eigenvalue weighted by Gasteiger charge is 2.63. The molecular formula is C20H18N2O4. The lowest BCUT2D eigenvalue weighted by molar-refractivity contribution is -0.166. The van der Waals surface area contributed by atoms with Gasteiger partial charge in [-0.25, -0.2) is 4.79 Å². The quantitative estimate of drug-likeness (QED) is 0.741. The molecular weight excluding hydrogens is 332 g/mol. The average Bonchev–Trinajstić information content (AvgIpc) is 2.69. The minimum absolute atomic E-state index is 0.183. The fourth-order valence-electron chi connectivity index (χ4n) is 3.83. The number of hydrogen-bond acceptors (Lipinski definition) is 4. The second kappa shape index (κ2) is 5.69. The third-order valence-electron chi connectivity index (χ3n) is 5.18. The molecule has 1 fully saturated rings. The van der Waals surface area contributed by atoms with Crippen LogP contribution in [0.25, 0.3) is 0 Å². The number of barbiturate groups is 1. The molecule has 1 saturated heterocycles. The number of hydrogen-bond donors (Lipinski definition) is 0. The van der Waals surface area contributed by atoms with Crippen molar-refractivity contribution in [3.8, 4) is 5.75 Å². The van der Waals surface area contributed by atoms with Gasteiger partial charge in [-0.05, 0) is 17.2 Å². The van der Waals surface area contributed by atoms with E-state index in [0.29, 0.717) is 5.75 Å². The zero-order valence-electron chi connectivity index (χ0n) is 14.5. The van der Waals surface area contributed by atoms with E-state index in [2.05, 4.69) is 0 Å². The molecule has 0 bridgehead atoms. The van der Waals surface area contributed by atoms with Gasteiger partial charge in [-0.15, -0.1) is 0 Å². The van der Waals surface area contributed by atoms with E-state index in [1.54, 1.807) is 0 Å². The maximum atomic E-state index is 13.2. The van der Waals surface area contributed by atoms with Crippen molar-refractivity contribution in [2.75, 3.05) is 14.1 Å². The van der Waals surface area contributed by atoms with Crippen molar-refractivity contribution >= 4 is 17.8 Å². The normalized spacial score (nSPS) is 21.6. The van der Waals surface area contributed by atoms with Crippen LogP contribution in [0.5, 0.6) is 5.75 Å². The second-order valence-corrected chi connectivity index (χ2v) is 6.68. The number of ether oxygens (including phenoxy) is 1. The Kier molecular flexibility index (Phi) is 3.57. The molecule has 0 aromatic heterocycles. The molecule has 2 heterocycles. The van der Waals surface area contributed by atoms with Gasteiger partial charge in [0.05, 0.1) is 0 Å². The molecule has 4 amide bonds. The molecule has 2 aliphatic rings. The topological polar surface area (TPSA) is 66.9 Å². The first kappa shape index (κ1) is 16.3. The number of fused-ring (bicyclic) bond motifs is 1. The van der Waals surface area contributed by atoms with E-state index >= 15 is 0 Å². The number of urea groups is 1. The molecule has 2 aromatic carbocycles. The monoisotopic (exact) mass is 350 g/mol. The van der Waals surface area contributed by atoms with E-state index in [9.17, 15) is 14.4 Å². The largest absolute Gasteiger partial charge is 0.484 e. The number of carbonyl (C=O) groups is 3. The number of rotatable bonds is 1. The van der Waals surface area contributed by atoms with Crippen LogP contribution in [-0.2, 0) is 16.0 Å². The van der Waals surface area contributed by atoms with E-state index in [-0.39, 0.29) is 6.42 Å². The highest BCUT2D eigenvalue weighted by molar-refractivity contribution is 6.19. The Morgan fingerprint density at radius 1 is 0.885 bits per heavy atom. The van der Waals surface area contributed by atoms with Crippen LogP contribution in [0.1, 0.15) is 17.2 Å². The third-order valence-corrected chi connectivity index (χ3v) is 5.18.